The van der Waals surface area contributed by atoms with Gasteiger partial charge in [0.15, 0.2) is 0 Å². The van der Waals surface area contributed by atoms with Crippen LogP contribution in [-0.4, -0.2) is 5.11 Å². The molecule has 20 heavy (non-hydrogen) atoms. The topological polar surface area (TPSA) is 20.2 Å². The molecule has 0 aliphatic rings. The summed E-state index contributed by atoms with van der Waals surface area (Å²) in [5.74, 6) is 0.320. The summed E-state index contributed by atoms with van der Waals surface area (Å²) in [5.41, 5.74) is 5.39. The van der Waals surface area contributed by atoms with Gasteiger partial charge in [0.05, 0.1) is 0 Å². The van der Waals surface area contributed by atoms with Crippen molar-refractivity contribution in [1.29, 1.82) is 0 Å². The molecule has 0 fully saturated rings. The van der Waals surface area contributed by atoms with Gasteiger partial charge in [0, 0.05) is 5.56 Å². The van der Waals surface area contributed by atoms with E-state index in [1.807, 2.05) is 49.4 Å². The lowest BCUT2D eigenvalue weighted by atomic mass is 9.97. The van der Waals surface area contributed by atoms with Crippen LogP contribution in [0, 0.1) is 6.92 Å². The second kappa shape index (κ2) is 5.22. The van der Waals surface area contributed by atoms with Crippen LogP contribution in [0.25, 0.3) is 22.3 Å². The van der Waals surface area contributed by atoms with Gasteiger partial charge in [0.2, 0.25) is 0 Å². The first-order valence-electron chi connectivity index (χ1n) is 6.69. The SMILES string of the molecule is Cc1ccc(O)c(-c2cccc(-c3ccccc3)c2)c1. The van der Waals surface area contributed by atoms with Crippen LogP contribution in [-0.2, 0) is 0 Å². The summed E-state index contributed by atoms with van der Waals surface area (Å²) in [6.45, 7) is 2.03. The summed E-state index contributed by atoms with van der Waals surface area (Å²) in [7, 11) is 0. The van der Waals surface area contributed by atoms with Crippen LogP contribution in [0.3, 0.4) is 0 Å². The van der Waals surface area contributed by atoms with Crippen LogP contribution < -0.4 is 0 Å². The van der Waals surface area contributed by atoms with Crippen molar-refractivity contribution in [1.82, 2.24) is 0 Å². The molecule has 1 N–H and O–H groups in total. The molecule has 0 spiro atoms. The van der Waals surface area contributed by atoms with Crippen molar-refractivity contribution in [3.05, 3.63) is 78.4 Å². The molecule has 3 aromatic carbocycles. The van der Waals surface area contributed by atoms with Gasteiger partial charge in [-0.3, -0.25) is 0 Å². The lowest BCUT2D eigenvalue weighted by molar-refractivity contribution is 0.477. The van der Waals surface area contributed by atoms with E-state index in [9.17, 15) is 5.11 Å². The van der Waals surface area contributed by atoms with E-state index in [0.717, 1.165) is 22.3 Å². The van der Waals surface area contributed by atoms with Crippen LogP contribution in [0.5, 0.6) is 5.75 Å². The van der Waals surface area contributed by atoms with Crippen molar-refractivity contribution in [3.8, 4) is 28.0 Å². The zero-order valence-corrected chi connectivity index (χ0v) is 11.4. The minimum absolute atomic E-state index is 0.320. The smallest absolute Gasteiger partial charge is 0.123 e. The van der Waals surface area contributed by atoms with Gasteiger partial charge in [0.1, 0.15) is 5.75 Å². The second-order valence-electron chi connectivity index (χ2n) is 4.97. The summed E-state index contributed by atoms with van der Waals surface area (Å²) in [4.78, 5) is 0. The average molecular weight is 260 g/mol. The highest BCUT2D eigenvalue weighted by Gasteiger charge is 2.06. The molecule has 0 aromatic heterocycles. The molecule has 0 amide bonds. The van der Waals surface area contributed by atoms with Gasteiger partial charge < -0.3 is 5.11 Å². The lowest BCUT2D eigenvalue weighted by Gasteiger charge is -2.08. The Labute approximate surface area is 119 Å². The number of phenols is 1. The van der Waals surface area contributed by atoms with Crippen molar-refractivity contribution in [2.24, 2.45) is 0 Å². The maximum absolute atomic E-state index is 10.0. The molecule has 98 valence electrons. The number of hydrogen-bond donors (Lipinski definition) is 1. The van der Waals surface area contributed by atoms with Gasteiger partial charge >= 0.3 is 0 Å². The highest BCUT2D eigenvalue weighted by molar-refractivity contribution is 5.76. The number of aromatic hydroxyl groups is 1. The summed E-state index contributed by atoms with van der Waals surface area (Å²) in [6, 6.07) is 24.2. The normalized spacial score (nSPS) is 10.4. The average Bonchev–Trinajstić information content (AvgIpc) is 2.51. The summed E-state index contributed by atoms with van der Waals surface area (Å²) >= 11 is 0. The fraction of sp³-hybridized carbons (Fsp3) is 0.0526. The number of aryl methyl sites for hydroxylation is 1. The molecule has 1 nitrogen and oxygen atoms in total. The predicted molar refractivity (Wildman–Crippen MR) is 83.7 cm³/mol. The van der Waals surface area contributed by atoms with Crippen molar-refractivity contribution < 1.29 is 5.11 Å². The maximum Gasteiger partial charge on any atom is 0.123 e. The third-order valence-electron chi connectivity index (χ3n) is 3.43. The quantitative estimate of drug-likeness (QED) is 0.684. The largest absolute Gasteiger partial charge is 0.507 e. The maximum atomic E-state index is 10.0. The van der Waals surface area contributed by atoms with Gasteiger partial charge in [-0.25, -0.2) is 0 Å². The third-order valence-corrected chi connectivity index (χ3v) is 3.43. The van der Waals surface area contributed by atoms with Crippen LogP contribution in [0.15, 0.2) is 72.8 Å². The Kier molecular flexibility index (Phi) is 3.26. The van der Waals surface area contributed by atoms with E-state index >= 15 is 0 Å². The molecule has 0 saturated heterocycles. The molecule has 3 rings (SSSR count). The summed E-state index contributed by atoms with van der Waals surface area (Å²) < 4.78 is 0. The Hall–Kier alpha value is -2.54. The Morgan fingerprint density at radius 2 is 1.35 bits per heavy atom. The van der Waals surface area contributed by atoms with Crippen LogP contribution in [0.2, 0.25) is 0 Å². The van der Waals surface area contributed by atoms with E-state index in [2.05, 4.69) is 24.3 Å². The number of hydrogen-bond acceptors (Lipinski definition) is 1. The molecular formula is C19H16O. The molecule has 0 heterocycles. The van der Waals surface area contributed by atoms with Crippen molar-refractivity contribution in [3.63, 3.8) is 0 Å². The molecule has 3 aromatic rings. The first kappa shape index (κ1) is 12.5. The monoisotopic (exact) mass is 260 g/mol. The molecule has 0 saturated carbocycles. The molecule has 0 aliphatic heterocycles. The molecule has 1 heteroatoms. The molecule has 0 radical (unpaired) electrons. The zero-order valence-electron chi connectivity index (χ0n) is 11.4. The third kappa shape index (κ3) is 2.43. The molecule has 0 unspecified atom stereocenters. The minimum atomic E-state index is 0.320. The first-order chi connectivity index (χ1) is 9.74. The highest BCUT2D eigenvalue weighted by atomic mass is 16.3. The summed E-state index contributed by atoms with van der Waals surface area (Å²) in [5, 5.41) is 10.0. The van der Waals surface area contributed by atoms with E-state index in [1.54, 1.807) is 6.07 Å². The van der Waals surface area contributed by atoms with Gasteiger partial charge in [-0.05, 0) is 41.8 Å². The van der Waals surface area contributed by atoms with Crippen LogP contribution >= 0.6 is 0 Å². The summed E-state index contributed by atoms with van der Waals surface area (Å²) in [6.07, 6.45) is 0. The van der Waals surface area contributed by atoms with Crippen molar-refractivity contribution in [2.75, 3.05) is 0 Å². The minimum Gasteiger partial charge on any atom is -0.507 e. The second-order valence-corrected chi connectivity index (χ2v) is 4.97. The Morgan fingerprint density at radius 3 is 2.15 bits per heavy atom. The molecule has 0 atom stereocenters. The molecular weight excluding hydrogens is 244 g/mol. The van der Waals surface area contributed by atoms with E-state index in [0.29, 0.717) is 5.75 Å². The lowest BCUT2D eigenvalue weighted by Crippen LogP contribution is -1.83. The van der Waals surface area contributed by atoms with Gasteiger partial charge in [0.25, 0.3) is 0 Å². The van der Waals surface area contributed by atoms with E-state index < -0.39 is 0 Å². The van der Waals surface area contributed by atoms with Gasteiger partial charge in [-0.15, -0.1) is 0 Å². The van der Waals surface area contributed by atoms with Crippen LogP contribution in [0.4, 0.5) is 0 Å². The van der Waals surface area contributed by atoms with Crippen molar-refractivity contribution in [2.45, 2.75) is 6.92 Å². The molecule has 0 bridgehead atoms. The standard InChI is InChI=1S/C19H16O/c1-14-10-11-19(20)18(12-14)17-9-5-8-16(13-17)15-6-3-2-4-7-15/h2-13,20H,1H3. The van der Waals surface area contributed by atoms with Crippen molar-refractivity contribution >= 4 is 0 Å². The predicted octanol–water partition coefficient (Wildman–Crippen LogP) is 5.03. The molecule has 0 aliphatic carbocycles. The van der Waals surface area contributed by atoms with E-state index in [-0.39, 0.29) is 0 Å². The van der Waals surface area contributed by atoms with Crippen LogP contribution in [0.1, 0.15) is 5.56 Å². The van der Waals surface area contributed by atoms with Gasteiger partial charge in [-0.1, -0.05) is 60.2 Å². The number of rotatable bonds is 2. The zero-order chi connectivity index (χ0) is 13.9. The van der Waals surface area contributed by atoms with E-state index in [4.69, 9.17) is 0 Å². The van der Waals surface area contributed by atoms with Gasteiger partial charge in [-0.2, -0.15) is 0 Å². The fourth-order valence-electron chi connectivity index (χ4n) is 2.38. The highest BCUT2D eigenvalue weighted by Crippen LogP contribution is 2.32. The Bertz CT molecular complexity index is 730. The Morgan fingerprint density at radius 1 is 0.650 bits per heavy atom. The number of benzene rings is 3. The van der Waals surface area contributed by atoms with E-state index in [1.165, 1.54) is 5.56 Å². The Balaban J connectivity index is 2.10. The number of phenolic OH excluding ortho intramolecular Hbond substituents is 1. The first-order valence-corrected chi connectivity index (χ1v) is 6.69. The fourth-order valence-corrected chi connectivity index (χ4v) is 2.38.